The number of esters is 3. The minimum atomic E-state index is -0.778. The van der Waals surface area contributed by atoms with E-state index < -0.39 is 6.10 Å². The molecule has 0 aromatic carbocycles. The second-order valence-corrected chi connectivity index (χ2v) is 18.5. The lowest BCUT2D eigenvalue weighted by Crippen LogP contribution is -2.30. The number of allylic oxidation sites excluding steroid dienone is 6. The average Bonchev–Trinajstić information content (AvgIpc) is 3.28. The monoisotopic (exact) mass is 885 g/mol. The van der Waals surface area contributed by atoms with E-state index >= 15 is 0 Å². The van der Waals surface area contributed by atoms with Crippen molar-refractivity contribution in [3.63, 3.8) is 0 Å². The second kappa shape index (κ2) is 52.3. The first-order chi connectivity index (χ1) is 31.0. The van der Waals surface area contributed by atoms with Crippen LogP contribution < -0.4 is 0 Å². The first-order valence-electron chi connectivity index (χ1n) is 27.5. The van der Waals surface area contributed by atoms with Gasteiger partial charge in [-0.1, -0.05) is 218 Å². The van der Waals surface area contributed by atoms with Crippen molar-refractivity contribution in [3.05, 3.63) is 36.5 Å². The number of ether oxygens (including phenoxy) is 3. The van der Waals surface area contributed by atoms with Crippen molar-refractivity contribution in [2.75, 3.05) is 13.2 Å². The zero-order valence-corrected chi connectivity index (χ0v) is 42.1. The minimum absolute atomic E-state index is 0.0775. The van der Waals surface area contributed by atoms with E-state index in [0.717, 1.165) is 77.0 Å². The molecule has 0 aromatic heterocycles. The molecule has 63 heavy (non-hydrogen) atoms. The molecule has 6 heteroatoms. The van der Waals surface area contributed by atoms with Crippen LogP contribution >= 0.6 is 0 Å². The van der Waals surface area contributed by atoms with Gasteiger partial charge in [-0.2, -0.15) is 0 Å². The van der Waals surface area contributed by atoms with Gasteiger partial charge < -0.3 is 14.2 Å². The smallest absolute Gasteiger partial charge is 0.306 e. The lowest BCUT2D eigenvalue weighted by atomic mass is 10.1. The van der Waals surface area contributed by atoms with Crippen molar-refractivity contribution in [2.24, 2.45) is 0 Å². The van der Waals surface area contributed by atoms with Crippen molar-refractivity contribution in [1.29, 1.82) is 0 Å². The zero-order chi connectivity index (χ0) is 45.8. The molecular formula is C57H104O6. The van der Waals surface area contributed by atoms with Crippen LogP contribution in [0.3, 0.4) is 0 Å². The first kappa shape index (κ1) is 60.6. The van der Waals surface area contributed by atoms with Crippen molar-refractivity contribution in [1.82, 2.24) is 0 Å². The summed E-state index contributed by atoms with van der Waals surface area (Å²) in [6.45, 7) is 6.59. The maximum atomic E-state index is 12.8. The van der Waals surface area contributed by atoms with Gasteiger partial charge in [0.25, 0.3) is 0 Å². The SMILES string of the molecule is CCCC/C=C\CCCCCCCC(=O)OCC(COC(=O)CCCCCCCCCCC/C=C\CCCCCCCCCC)OC(=O)CCCCCCC/C=C\CCCCCC. The van der Waals surface area contributed by atoms with Crippen LogP contribution in [0, 0.1) is 0 Å². The minimum Gasteiger partial charge on any atom is -0.462 e. The predicted octanol–water partition coefficient (Wildman–Crippen LogP) is 18.1. The molecule has 0 fully saturated rings. The quantitative estimate of drug-likeness (QED) is 0.0262. The van der Waals surface area contributed by atoms with Crippen LogP contribution in [-0.4, -0.2) is 37.2 Å². The third-order valence-electron chi connectivity index (χ3n) is 12.1. The van der Waals surface area contributed by atoms with Gasteiger partial charge in [0, 0.05) is 19.3 Å². The van der Waals surface area contributed by atoms with E-state index in [2.05, 4.69) is 57.2 Å². The standard InChI is InChI=1S/C57H104O6/c1-4-7-10-13-16-19-22-24-25-26-27-28-29-30-31-33-35-38-41-44-47-50-56(59)62-53-54(52-61-55(58)49-46-43-40-37-34-21-18-15-12-9-6-3)63-57(60)51-48-45-42-39-36-32-23-20-17-14-11-8-5-2/h15,18,20,23,26-27,54H,4-14,16-17,19,21-22,24-25,28-53H2,1-3H3/b18-15-,23-20-,27-26-. The van der Waals surface area contributed by atoms with Crippen molar-refractivity contribution < 1.29 is 28.6 Å². The highest BCUT2D eigenvalue weighted by Gasteiger charge is 2.19. The fraction of sp³-hybridized carbons (Fsp3) is 0.842. The molecule has 0 radical (unpaired) electrons. The van der Waals surface area contributed by atoms with Gasteiger partial charge in [0.1, 0.15) is 13.2 Å². The highest BCUT2D eigenvalue weighted by molar-refractivity contribution is 5.71. The van der Waals surface area contributed by atoms with Crippen LogP contribution in [0.1, 0.15) is 290 Å². The number of hydrogen-bond donors (Lipinski definition) is 0. The fourth-order valence-corrected chi connectivity index (χ4v) is 7.88. The summed E-state index contributed by atoms with van der Waals surface area (Å²) >= 11 is 0. The summed E-state index contributed by atoms with van der Waals surface area (Å²) < 4.78 is 16.8. The third-order valence-corrected chi connectivity index (χ3v) is 12.1. The Labute approximate surface area is 391 Å². The molecule has 0 aliphatic carbocycles. The molecule has 0 aliphatic rings. The van der Waals surface area contributed by atoms with E-state index in [-0.39, 0.29) is 31.1 Å². The molecule has 0 bridgehead atoms. The lowest BCUT2D eigenvalue weighted by molar-refractivity contribution is -0.167. The molecule has 0 aromatic rings. The Hall–Kier alpha value is -2.37. The molecule has 0 amide bonds. The molecule has 0 aliphatic heterocycles. The summed E-state index contributed by atoms with van der Waals surface area (Å²) in [7, 11) is 0. The largest absolute Gasteiger partial charge is 0.462 e. The number of unbranched alkanes of at least 4 members (excludes halogenated alkanes) is 33. The van der Waals surface area contributed by atoms with Crippen LogP contribution in [0.15, 0.2) is 36.5 Å². The van der Waals surface area contributed by atoms with Gasteiger partial charge >= 0.3 is 17.9 Å². The molecule has 1 atom stereocenters. The van der Waals surface area contributed by atoms with Crippen LogP contribution in [0.4, 0.5) is 0 Å². The number of carbonyl (C=O) groups is 3. The molecule has 368 valence electrons. The maximum absolute atomic E-state index is 12.8. The van der Waals surface area contributed by atoms with Gasteiger partial charge in [-0.05, 0) is 89.9 Å². The van der Waals surface area contributed by atoms with E-state index in [0.29, 0.717) is 19.3 Å². The van der Waals surface area contributed by atoms with E-state index in [9.17, 15) is 14.4 Å². The van der Waals surface area contributed by atoms with Gasteiger partial charge in [-0.25, -0.2) is 0 Å². The molecule has 0 heterocycles. The Balaban J connectivity index is 4.27. The molecule has 0 N–H and O–H groups in total. The van der Waals surface area contributed by atoms with Crippen LogP contribution in [0.2, 0.25) is 0 Å². The Kier molecular flexibility index (Phi) is 50.3. The molecule has 0 spiro atoms. The van der Waals surface area contributed by atoms with E-state index in [1.54, 1.807) is 0 Å². The Morgan fingerprint density at radius 1 is 0.302 bits per heavy atom. The van der Waals surface area contributed by atoms with Crippen molar-refractivity contribution >= 4 is 17.9 Å². The maximum Gasteiger partial charge on any atom is 0.306 e. The van der Waals surface area contributed by atoms with Gasteiger partial charge in [0.2, 0.25) is 0 Å². The summed E-state index contributed by atoms with van der Waals surface area (Å²) in [5, 5.41) is 0. The Bertz CT molecular complexity index is 1060. The van der Waals surface area contributed by atoms with Crippen molar-refractivity contribution in [3.8, 4) is 0 Å². The average molecular weight is 885 g/mol. The van der Waals surface area contributed by atoms with Gasteiger partial charge in [-0.15, -0.1) is 0 Å². The summed E-state index contributed by atoms with van der Waals surface area (Å²) in [6, 6.07) is 0. The van der Waals surface area contributed by atoms with Crippen molar-refractivity contribution in [2.45, 2.75) is 297 Å². The number of hydrogen-bond acceptors (Lipinski definition) is 6. The Morgan fingerprint density at radius 3 is 0.857 bits per heavy atom. The van der Waals surface area contributed by atoms with E-state index in [1.807, 2.05) is 0 Å². The van der Waals surface area contributed by atoms with Crippen LogP contribution in [0.5, 0.6) is 0 Å². The van der Waals surface area contributed by atoms with Crippen LogP contribution in [0.25, 0.3) is 0 Å². The zero-order valence-electron chi connectivity index (χ0n) is 42.1. The lowest BCUT2D eigenvalue weighted by Gasteiger charge is -2.18. The summed E-state index contributed by atoms with van der Waals surface area (Å²) in [5.41, 5.74) is 0. The second-order valence-electron chi connectivity index (χ2n) is 18.5. The normalized spacial score (nSPS) is 12.2. The highest BCUT2D eigenvalue weighted by Crippen LogP contribution is 2.15. The summed E-state index contributed by atoms with van der Waals surface area (Å²) in [4.78, 5) is 38.0. The van der Waals surface area contributed by atoms with E-state index in [4.69, 9.17) is 14.2 Å². The molecule has 0 rings (SSSR count). The number of carbonyl (C=O) groups excluding carboxylic acids is 3. The van der Waals surface area contributed by atoms with Gasteiger partial charge in [0.15, 0.2) is 6.10 Å². The molecule has 1 unspecified atom stereocenters. The Morgan fingerprint density at radius 2 is 0.540 bits per heavy atom. The van der Waals surface area contributed by atoms with Gasteiger partial charge in [0.05, 0.1) is 0 Å². The van der Waals surface area contributed by atoms with Crippen LogP contribution in [-0.2, 0) is 28.6 Å². The third kappa shape index (κ3) is 50.5. The fourth-order valence-electron chi connectivity index (χ4n) is 7.88. The first-order valence-corrected chi connectivity index (χ1v) is 27.5. The topological polar surface area (TPSA) is 78.9 Å². The molecule has 0 saturated heterocycles. The van der Waals surface area contributed by atoms with Gasteiger partial charge in [-0.3, -0.25) is 14.4 Å². The molecular weight excluding hydrogens is 781 g/mol. The summed E-state index contributed by atoms with van der Waals surface area (Å²) in [5.74, 6) is -0.888. The summed E-state index contributed by atoms with van der Waals surface area (Å²) in [6.07, 6.45) is 61.4. The number of rotatable bonds is 50. The predicted molar refractivity (Wildman–Crippen MR) is 270 cm³/mol. The molecule has 0 saturated carbocycles. The molecule has 6 nitrogen and oxygen atoms in total. The highest BCUT2D eigenvalue weighted by atomic mass is 16.6. The van der Waals surface area contributed by atoms with E-state index in [1.165, 1.54) is 173 Å².